The number of aromatic hydroxyl groups is 1. The molecule has 1 aromatic rings. The molecule has 0 fully saturated rings. The lowest BCUT2D eigenvalue weighted by Crippen LogP contribution is -2.16. The van der Waals surface area contributed by atoms with E-state index in [4.69, 9.17) is 0 Å². The Balaban J connectivity index is 2.52. The molecule has 1 aromatic carbocycles. The van der Waals surface area contributed by atoms with Gasteiger partial charge in [0.05, 0.1) is 11.4 Å². The smallest absolute Gasteiger partial charge is 0.188 e. The second-order valence-corrected chi connectivity index (χ2v) is 8.84. The van der Waals surface area contributed by atoms with Gasteiger partial charge in [0, 0.05) is 16.7 Å². The van der Waals surface area contributed by atoms with Crippen molar-refractivity contribution in [3.63, 3.8) is 0 Å². The molecule has 4 nitrogen and oxygen atoms in total. The van der Waals surface area contributed by atoms with Crippen molar-refractivity contribution in [1.29, 1.82) is 0 Å². The van der Waals surface area contributed by atoms with Crippen LogP contribution in [0.5, 0.6) is 5.75 Å². The quantitative estimate of drug-likeness (QED) is 0.521. The maximum Gasteiger partial charge on any atom is 0.188 e. The minimum Gasteiger partial charge on any atom is -0.507 e. The molecule has 0 unspecified atom stereocenters. The van der Waals surface area contributed by atoms with Gasteiger partial charge in [-0.15, -0.1) is 0 Å². The molecule has 0 bridgehead atoms. The molecule has 26 heavy (non-hydrogen) atoms. The summed E-state index contributed by atoms with van der Waals surface area (Å²) in [5.74, 6) is 0.245. The number of Topliss-reactive ketones (excluding diaryl/α,β-unsaturated/α-hetero) is 1. The number of rotatable bonds is 2. The van der Waals surface area contributed by atoms with E-state index in [2.05, 4.69) is 58.3 Å². The molecule has 2 rings (SSSR count). The van der Waals surface area contributed by atoms with Crippen LogP contribution in [0.25, 0.3) is 0 Å². The Morgan fingerprint density at radius 1 is 0.923 bits per heavy atom. The zero-order chi connectivity index (χ0) is 19.9. The molecule has 0 spiro atoms. The lowest BCUT2D eigenvalue weighted by atomic mass is 9.79. The Labute approximate surface area is 156 Å². The SMILES string of the molecule is C=C1C=C(N=Nc2cc(C(C)(C)C)c(O)c(C(C)(C)C)c2)C=C(C)C1=O. The summed E-state index contributed by atoms with van der Waals surface area (Å²) in [6.07, 6.45) is 3.34. The zero-order valence-corrected chi connectivity index (χ0v) is 16.8. The maximum absolute atomic E-state index is 11.8. The molecule has 0 aliphatic heterocycles. The molecule has 0 atom stereocenters. The van der Waals surface area contributed by atoms with E-state index >= 15 is 0 Å². The van der Waals surface area contributed by atoms with Gasteiger partial charge in [-0.25, -0.2) is 0 Å². The lowest BCUT2D eigenvalue weighted by Gasteiger charge is -2.27. The first-order chi connectivity index (χ1) is 11.8. The third kappa shape index (κ3) is 4.18. The van der Waals surface area contributed by atoms with Crippen LogP contribution in [-0.4, -0.2) is 10.9 Å². The summed E-state index contributed by atoms with van der Waals surface area (Å²) in [6, 6.07) is 3.74. The van der Waals surface area contributed by atoms with Gasteiger partial charge in [0.1, 0.15) is 5.75 Å². The van der Waals surface area contributed by atoms with Crippen molar-refractivity contribution < 1.29 is 9.90 Å². The van der Waals surface area contributed by atoms with Gasteiger partial charge in [-0.2, -0.15) is 10.2 Å². The Morgan fingerprint density at radius 2 is 1.42 bits per heavy atom. The van der Waals surface area contributed by atoms with E-state index in [0.29, 0.717) is 28.3 Å². The summed E-state index contributed by atoms with van der Waals surface area (Å²) in [6.45, 7) is 17.8. The van der Waals surface area contributed by atoms with Crippen LogP contribution in [0.3, 0.4) is 0 Å². The summed E-state index contributed by atoms with van der Waals surface area (Å²) in [5, 5.41) is 19.4. The molecule has 1 aliphatic rings. The number of ketones is 1. The third-order valence-corrected chi connectivity index (χ3v) is 4.33. The van der Waals surface area contributed by atoms with Crippen LogP contribution in [0.15, 0.2) is 57.9 Å². The van der Waals surface area contributed by atoms with Gasteiger partial charge in [-0.05, 0) is 47.6 Å². The number of hydrogen-bond donors (Lipinski definition) is 1. The van der Waals surface area contributed by atoms with Crippen LogP contribution >= 0.6 is 0 Å². The average molecular weight is 352 g/mol. The molecular formula is C22H28N2O2. The van der Waals surface area contributed by atoms with E-state index in [9.17, 15) is 9.90 Å². The van der Waals surface area contributed by atoms with Gasteiger partial charge in [-0.1, -0.05) is 48.1 Å². The highest BCUT2D eigenvalue weighted by Gasteiger charge is 2.26. The number of carbonyl (C=O) groups excluding carboxylic acids is 1. The predicted molar refractivity (Wildman–Crippen MR) is 106 cm³/mol. The highest BCUT2D eigenvalue weighted by Crippen LogP contribution is 2.41. The third-order valence-electron chi connectivity index (χ3n) is 4.33. The van der Waals surface area contributed by atoms with Crippen molar-refractivity contribution in [1.82, 2.24) is 0 Å². The van der Waals surface area contributed by atoms with Crippen LogP contribution in [-0.2, 0) is 15.6 Å². The fraction of sp³-hybridized carbons (Fsp3) is 0.409. The number of benzene rings is 1. The molecule has 0 radical (unpaired) electrons. The topological polar surface area (TPSA) is 62.0 Å². The van der Waals surface area contributed by atoms with Crippen molar-refractivity contribution in [2.24, 2.45) is 10.2 Å². The standard InChI is InChI=1S/C22H28N2O2/c1-13-9-15(10-14(2)19(13)25)23-24-16-11-17(21(3,4)5)20(26)18(12-16)22(6,7)8/h9-12,26H,1H2,2-8H3. The molecule has 4 heteroatoms. The van der Waals surface area contributed by atoms with Gasteiger partial charge in [0.25, 0.3) is 0 Å². The first-order valence-corrected chi connectivity index (χ1v) is 8.74. The van der Waals surface area contributed by atoms with Crippen LogP contribution in [0.1, 0.15) is 59.6 Å². The fourth-order valence-corrected chi connectivity index (χ4v) is 2.82. The largest absolute Gasteiger partial charge is 0.507 e. The van der Waals surface area contributed by atoms with Crippen LogP contribution in [0.4, 0.5) is 5.69 Å². The monoisotopic (exact) mass is 352 g/mol. The Morgan fingerprint density at radius 3 is 1.85 bits per heavy atom. The summed E-state index contributed by atoms with van der Waals surface area (Å²) < 4.78 is 0. The predicted octanol–water partition coefficient (Wildman–Crippen LogP) is 6.04. The van der Waals surface area contributed by atoms with Gasteiger partial charge in [0.2, 0.25) is 0 Å². The highest BCUT2D eigenvalue weighted by molar-refractivity contribution is 6.10. The minimum absolute atomic E-state index is 0.0707. The second-order valence-electron chi connectivity index (χ2n) is 8.84. The van der Waals surface area contributed by atoms with E-state index in [1.165, 1.54) is 0 Å². The number of azo groups is 1. The van der Waals surface area contributed by atoms with E-state index in [1.54, 1.807) is 19.1 Å². The van der Waals surface area contributed by atoms with Crippen LogP contribution < -0.4 is 0 Å². The Kier molecular flexibility index (Phi) is 5.09. The molecule has 0 amide bonds. The lowest BCUT2D eigenvalue weighted by molar-refractivity contribution is -0.112. The van der Waals surface area contributed by atoms with Crippen LogP contribution in [0.2, 0.25) is 0 Å². The first-order valence-electron chi connectivity index (χ1n) is 8.74. The molecule has 0 saturated carbocycles. The number of phenols is 1. The maximum atomic E-state index is 11.8. The first kappa shape index (κ1) is 19.8. The number of allylic oxidation sites excluding steroid dienone is 4. The molecule has 1 aliphatic carbocycles. The van der Waals surface area contributed by atoms with E-state index < -0.39 is 0 Å². The van der Waals surface area contributed by atoms with Gasteiger partial charge in [0.15, 0.2) is 5.78 Å². The number of hydrogen-bond acceptors (Lipinski definition) is 4. The van der Waals surface area contributed by atoms with Gasteiger partial charge in [-0.3, -0.25) is 4.79 Å². The number of carbonyl (C=O) groups is 1. The summed E-state index contributed by atoms with van der Waals surface area (Å²) in [7, 11) is 0. The number of phenolic OH excluding ortho intramolecular Hbond substituents is 1. The van der Waals surface area contributed by atoms with Crippen molar-refractivity contribution in [2.45, 2.75) is 59.3 Å². The minimum atomic E-state index is -0.225. The van der Waals surface area contributed by atoms with Crippen molar-refractivity contribution in [3.05, 3.63) is 58.8 Å². The van der Waals surface area contributed by atoms with E-state index in [0.717, 1.165) is 11.1 Å². The molecule has 138 valence electrons. The Bertz CT molecular complexity index is 822. The molecule has 1 N–H and O–H groups in total. The number of nitrogens with zero attached hydrogens (tertiary/aromatic N) is 2. The highest BCUT2D eigenvalue weighted by atomic mass is 16.3. The zero-order valence-electron chi connectivity index (χ0n) is 16.8. The summed E-state index contributed by atoms with van der Waals surface area (Å²) in [5.41, 5.74) is 3.50. The molecular weight excluding hydrogens is 324 g/mol. The Hall–Kier alpha value is -2.49. The molecule has 0 saturated heterocycles. The summed E-state index contributed by atoms with van der Waals surface area (Å²) >= 11 is 0. The second kappa shape index (κ2) is 6.67. The van der Waals surface area contributed by atoms with Gasteiger partial charge >= 0.3 is 0 Å². The van der Waals surface area contributed by atoms with Crippen molar-refractivity contribution >= 4 is 11.5 Å². The van der Waals surface area contributed by atoms with Gasteiger partial charge < -0.3 is 5.11 Å². The summed E-state index contributed by atoms with van der Waals surface area (Å²) in [4.78, 5) is 11.8. The van der Waals surface area contributed by atoms with Crippen molar-refractivity contribution in [3.8, 4) is 5.75 Å². The fourth-order valence-electron chi connectivity index (χ4n) is 2.82. The van der Waals surface area contributed by atoms with Crippen molar-refractivity contribution in [2.75, 3.05) is 0 Å². The molecule has 0 aromatic heterocycles. The average Bonchev–Trinajstić information content (AvgIpc) is 2.49. The molecule has 0 heterocycles. The van der Waals surface area contributed by atoms with E-state index in [-0.39, 0.29) is 16.6 Å². The normalized spacial score (nSPS) is 16.1. The van der Waals surface area contributed by atoms with E-state index in [1.807, 2.05) is 12.1 Å². The van der Waals surface area contributed by atoms with Crippen LogP contribution in [0, 0.1) is 0 Å².